The highest BCUT2D eigenvalue weighted by Gasteiger charge is 2.21. The maximum Gasteiger partial charge on any atom is 0.251 e. The van der Waals surface area contributed by atoms with Gasteiger partial charge in [-0.1, -0.05) is 29.5 Å². The van der Waals surface area contributed by atoms with Crippen LogP contribution < -0.4 is 10.6 Å². The summed E-state index contributed by atoms with van der Waals surface area (Å²) in [6, 6.07) is 7.41. The quantitative estimate of drug-likeness (QED) is 0.516. The molecule has 0 radical (unpaired) electrons. The Balaban J connectivity index is 1.61. The van der Waals surface area contributed by atoms with E-state index in [1.165, 1.54) is 23.1 Å². The van der Waals surface area contributed by atoms with Crippen LogP contribution in [0.3, 0.4) is 0 Å². The van der Waals surface area contributed by atoms with Crippen molar-refractivity contribution in [3.05, 3.63) is 52.3 Å². The highest BCUT2D eigenvalue weighted by atomic mass is 32.2. The van der Waals surface area contributed by atoms with E-state index in [9.17, 15) is 9.59 Å². The van der Waals surface area contributed by atoms with Crippen LogP contribution in [0.2, 0.25) is 0 Å². The summed E-state index contributed by atoms with van der Waals surface area (Å²) in [6.07, 6.45) is 0. The van der Waals surface area contributed by atoms with Crippen molar-refractivity contribution < 1.29 is 9.59 Å². The van der Waals surface area contributed by atoms with E-state index in [-0.39, 0.29) is 23.6 Å². The number of nitrogens with one attached hydrogen (secondary N) is 2. The molecular weight excluding hydrogens is 420 g/mol. The third-order valence-electron chi connectivity index (χ3n) is 4.30. The fraction of sp³-hybridized carbons (Fsp3) is 0.350. The largest absolute Gasteiger partial charge is 0.345 e. The van der Waals surface area contributed by atoms with Crippen molar-refractivity contribution in [3.63, 3.8) is 0 Å². The Bertz CT molecular complexity index is 1050. The summed E-state index contributed by atoms with van der Waals surface area (Å²) in [5, 5.41) is 16.9. The molecule has 1 aromatic carbocycles. The average molecular weight is 445 g/mol. The second-order valence-corrected chi connectivity index (χ2v) is 8.90. The molecule has 0 bridgehead atoms. The summed E-state index contributed by atoms with van der Waals surface area (Å²) < 4.78 is 1.90. The zero-order valence-corrected chi connectivity index (χ0v) is 18.9. The van der Waals surface area contributed by atoms with E-state index in [0.29, 0.717) is 28.2 Å². The van der Waals surface area contributed by atoms with Crippen LogP contribution in [0.1, 0.15) is 41.3 Å². The number of carbonyl (C=O) groups is 2. The molecule has 2 amide bonds. The molecule has 30 heavy (non-hydrogen) atoms. The SMILES string of the molecule is CCn1c(CNC(=O)c2cccc(C)c2)nnc1S[C@H](C)C(=O)Nc1nc(C)cs1. The molecule has 0 fully saturated rings. The number of nitrogens with zero attached hydrogens (tertiary/aromatic N) is 4. The summed E-state index contributed by atoms with van der Waals surface area (Å²) >= 11 is 2.72. The van der Waals surface area contributed by atoms with Gasteiger partial charge in [-0.3, -0.25) is 9.59 Å². The molecule has 0 aliphatic carbocycles. The lowest BCUT2D eigenvalue weighted by atomic mass is 10.1. The van der Waals surface area contributed by atoms with Crippen LogP contribution in [0.25, 0.3) is 0 Å². The van der Waals surface area contributed by atoms with Gasteiger partial charge in [0.15, 0.2) is 16.1 Å². The van der Waals surface area contributed by atoms with Crippen LogP contribution in [-0.2, 0) is 17.9 Å². The number of amides is 2. The highest BCUT2D eigenvalue weighted by Crippen LogP contribution is 2.24. The minimum Gasteiger partial charge on any atom is -0.345 e. The second-order valence-electron chi connectivity index (χ2n) is 6.74. The Morgan fingerprint density at radius 3 is 2.73 bits per heavy atom. The van der Waals surface area contributed by atoms with Gasteiger partial charge in [0.05, 0.1) is 17.5 Å². The number of aryl methyl sites for hydroxylation is 2. The summed E-state index contributed by atoms with van der Waals surface area (Å²) in [5.41, 5.74) is 2.51. The molecule has 2 N–H and O–H groups in total. The number of thioether (sulfide) groups is 1. The molecule has 3 aromatic rings. The number of aromatic nitrogens is 4. The number of hydrogen-bond donors (Lipinski definition) is 2. The smallest absolute Gasteiger partial charge is 0.251 e. The highest BCUT2D eigenvalue weighted by molar-refractivity contribution is 8.00. The Morgan fingerprint density at radius 1 is 1.27 bits per heavy atom. The van der Waals surface area contributed by atoms with Gasteiger partial charge in [-0.25, -0.2) is 4.98 Å². The van der Waals surface area contributed by atoms with E-state index in [4.69, 9.17) is 0 Å². The maximum atomic E-state index is 12.5. The minimum absolute atomic E-state index is 0.144. The van der Waals surface area contributed by atoms with Gasteiger partial charge in [0.1, 0.15) is 0 Å². The Morgan fingerprint density at radius 2 is 2.07 bits per heavy atom. The Labute approximate surface area is 183 Å². The van der Waals surface area contributed by atoms with Crippen molar-refractivity contribution in [1.82, 2.24) is 25.1 Å². The van der Waals surface area contributed by atoms with E-state index in [2.05, 4.69) is 25.8 Å². The zero-order valence-electron chi connectivity index (χ0n) is 17.3. The number of hydrogen-bond acceptors (Lipinski definition) is 7. The molecule has 0 aliphatic rings. The number of thiazole rings is 1. The fourth-order valence-corrected chi connectivity index (χ4v) is 4.36. The number of anilines is 1. The van der Waals surface area contributed by atoms with Gasteiger partial charge in [0.25, 0.3) is 5.91 Å². The Kier molecular flexibility index (Phi) is 7.22. The van der Waals surface area contributed by atoms with Crippen LogP contribution in [-0.4, -0.2) is 36.8 Å². The molecule has 8 nitrogen and oxygen atoms in total. The predicted molar refractivity (Wildman–Crippen MR) is 119 cm³/mol. The van der Waals surface area contributed by atoms with Crippen LogP contribution in [0.5, 0.6) is 0 Å². The number of benzene rings is 1. The molecule has 1 atom stereocenters. The molecule has 3 rings (SSSR count). The summed E-state index contributed by atoms with van der Waals surface area (Å²) in [7, 11) is 0. The van der Waals surface area contributed by atoms with Crippen molar-refractivity contribution in [2.75, 3.05) is 5.32 Å². The lowest BCUT2D eigenvalue weighted by Gasteiger charge is -2.12. The van der Waals surface area contributed by atoms with E-state index in [1.807, 2.05) is 55.8 Å². The van der Waals surface area contributed by atoms with Crippen LogP contribution in [0, 0.1) is 13.8 Å². The van der Waals surface area contributed by atoms with Crippen molar-refractivity contribution in [1.29, 1.82) is 0 Å². The molecule has 0 saturated carbocycles. The van der Waals surface area contributed by atoms with Crippen molar-refractivity contribution >= 4 is 40.0 Å². The van der Waals surface area contributed by atoms with Gasteiger partial charge >= 0.3 is 0 Å². The lowest BCUT2D eigenvalue weighted by Crippen LogP contribution is -2.25. The Hall–Kier alpha value is -2.72. The van der Waals surface area contributed by atoms with Crippen molar-refractivity contribution in [2.24, 2.45) is 0 Å². The normalized spacial score (nSPS) is 11.9. The standard InChI is InChI=1S/C20H24N6O2S2/c1-5-26-16(10-21-18(28)15-8-6-7-12(2)9-15)24-25-20(26)30-14(4)17(27)23-19-22-13(3)11-29-19/h6-9,11,14H,5,10H2,1-4H3,(H,21,28)(H,22,23,27)/t14-/m1/s1. The van der Waals surface area contributed by atoms with E-state index in [0.717, 1.165) is 11.3 Å². The molecule has 0 unspecified atom stereocenters. The third kappa shape index (κ3) is 5.45. The van der Waals surface area contributed by atoms with Gasteiger partial charge in [-0.15, -0.1) is 21.5 Å². The molecule has 2 aromatic heterocycles. The van der Waals surface area contributed by atoms with E-state index in [1.54, 1.807) is 6.07 Å². The van der Waals surface area contributed by atoms with Gasteiger partial charge < -0.3 is 15.2 Å². The molecule has 0 saturated heterocycles. The van der Waals surface area contributed by atoms with Gasteiger partial charge in [-0.05, 0) is 39.8 Å². The van der Waals surface area contributed by atoms with Crippen LogP contribution in [0.4, 0.5) is 5.13 Å². The zero-order chi connectivity index (χ0) is 21.7. The first-order chi connectivity index (χ1) is 14.4. The van der Waals surface area contributed by atoms with E-state index < -0.39 is 0 Å². The first-order valence-corrected chi connectivity index (χ1v) is 11.3. The molecule has 158 valence electrons. The van der Waals surface area contributed by atoms with Crippen molar-refractivity contribution in [2.45, 2.75) is 51.2 Å². The predicted octanol–water partition coefficient (Wildman–Crippen LogP) is 3.42. The van der Waals surface area contributed by atoms with Gasteiger partial charge in [-0.2, -0.15) is 0 Å². The van der Waals surface area contributed by atoms with Crippen molar-refractivity contribution in [3.8, 4) is 0 Å². The molecular formula is C20H24N6O2S2. The molecule has 0 aliphatic heterocycles. The minimum atomic E-state index is -0.376. The lowest BCUT2D eigenvalue weighted by molar-refractivity contribution is -0.115. The fourth-order valence-electron chi connectivity index (χ4n) is 2.73. The molecule has 0 spiro atoms. The maximum absolute atomic E-state index is 12.5. The first-order valence-electron chi connectivity index (χ1n) is 9.54. The summed E-state index contributed by atoms with van der Waals surface area (Å²) in [6.45, 7) is 8.50. The molecule has 10 heteroatoms. The van der Waals surface area contributed by atoms with E-state index >= 15 is 0 Å². The molecule has 2 heterocycles. The summed E-state index contributed by atoms with van der Waals surface area (Å²) in [5.74, 6) is 0.337. The topological polar surface area (TPSA) is 102 Å². The average Bonchev–Trinajstić information content (AvgIpc) is 3.31. The van der Waals surface area contributed by atoms with Crippen LogP contribution >= 0.6 is 23.1 Å². The van der Waals surface area contributed by atoms with Gasteiger partial charge in [0, 0.05) is 17.5 Å². The summed E-state index contributed by atoms with van der Waals surface area (Å²) in [4.78, 5) is 29.1. The third-order valence-corrected chi connectivity index (χ3v) is 6.25. The van der Waals surface area contributed by atoms with Gasteiger partial charge in [0.2, 0.25) is 5.91 Å². The number of carbonyl (C=O) groups excluding carboxylic acids is 2. The second kappa shape index (κ2) is 9.86. The first kappa shape index (κ1) is 22.0. The van der Waals surface area contributed by atoms with Crippen LogP contribution in [0.15, 0.2) is 34.8 Å². The monoisotopic (exact) mass is 444 g/mol. The number of rotatable bonds is 8.